The molecule has 21 heavy (non-hydrogen) atoms. The molecule has 118 valence electrons. The van der Waals surface area contributed by atoms with Gasteiger partial charge in [-0.15, -0.1) is 0 Å². The van der Waals surface area contributed by atoms with Crippen molar-refractivity contribution in [1.29, 1.82) is 0 Å². The summed E-state index contributed by atoms with van der Waals surface area (Å²) < 4.78 is 0. The first-order valence-corrected chi connectivity index (χ1v) is 7.21. The summed E-state index contributed by atoms with van der Waals surface area (Å²) in [5.74, 6) is -1.12. The quantitative estimate of drug-likeness (QED) is 0.545. The first-order valence-electron chi connectivity index (χ1n) is 7.21. The minimum atomic E-state index is -1.01. The molecule has 0 aliphatic carbocycles. The van der Waals surface area contributed by atoms with Crippen molar-refractivity contribution in [2.75, 3.05) is 6.54 Å². The molecule has 0 unspecified atom stereocenters. The van der Waals surface area contributed by atoms with Crippen LogP contribution in [-0.2, 0) is 11.2 Å². The van der Waals surface area contributed by atoms with Gasteiger partial charge in [-0.25, -0.2) is 9.59 Å². The van der Waals surface area contributed by atoms with E-state index in [9.17, 15) is 9.59 Å². The second-order valence-electron chi connectivity index (χ2n) is 5.23. The molecular formula is C14H24N4O3. The lowest BCUT2D eigenvalue weighted by Crippen LogP contribution is -2.49. The van der Waals surface area contributed by atoms with Crippen molar-refractivity contribution in [2.24, 2.45) is 5.92 Å². The Bertz CT molecular complexity index is 473. The number of carboxylic acid groups (broad SMARTS) is 1. The molecule has 0 bridgehead atoms. The number of aryl methyl sites for hydroxylation is 2. The summed E-state index contributed by atoms with van der Waals surface area (Å²) in [6.07, 6.45) is 4.06. The van der Waals surface area contributed by atoms with E-state index in [0.29, 0.717) is 13.0 Å². The molecule has 1 aromatic rings. The number of nitrogens with zero attached hydrogens (tertiary/aromatic N) is 1. The predicted octanol–water partition coefficient (Wildman–Crippen LogP) is 1.45. The normalized spacial score (nSPS) is 13.5. The topological polar surface area (TPSA) is 107 Å². The van der Waals surface area contributed by atoms with Gasteiger partial charge in [0.25, 0.3) is 0 Å². The van der Waals surface area contributed by atoms with Gasteiger partial charge < -0.3 is 15.7 Å². The Labute approximate surface area is 124 Å². The van der Waals surface area contributed by atoms with Gasteiger partial charge in [-0.05, 0) is 31.2 Å². The minimum absolute atomic E-state index is 0.109. The van der Waals surface area contributed by atoms with Crippen LogP contribution in [0.3, 0.4) is 0 Å². The molecule has 0 aromatic carbocycles. The maximum absolute atomic E-state index is 11.7. The van der Waals surface area contributed by atoms with Crippen LogP contribution in [-0.4, -0.2) is 39.9 Å². The van der Waals surface area contributed by atoms with Crippen molar-refractivity contribution >= 4 is 12.0 Å². The number of nitrogens with one attached hydrogen (secondary N) is 3. The molecule has 0 aliphatic rings. The van der Waals surface area contributed by atoms with Gasteiger partial charge in [0.1, 0.15) is 6.04 Å². The Balaban J connectivity index is 2.30. The summed E-state index contributed by atoms with van der Waals surface area (Å²) >= 11 is 0. The average molecular weight is 296 g/mol. The Morgan fingerprint density at radius 3 is 2.71 bits per heavy atom. The van der Waals surface area contributed by atoms with E-state index in [1.165, 1.54) is 0 Å². The van der Waals surface area contributed by atoms with Crippen LogP contribution in [0.25, 0.3) is 0 Å². The van der Waals surface area contributed by atoms with Gasteiger partial charge in [0.05, 0.1) is 6.20 Å². The van der Waals surface area contributed by atoms with Crippen molar-refractivity contribution in [3.8, 4) is 0 Å². The molecule has 0 saturated heterocycles. The summed E-state index contributed by atoms with van der Waals surface area (Å²) in [5.41, 5.74) is 2.15. The number of rotatable bonds is 8. The molecule has 2 atom stereocenters. The molecule has 1 aromatic heterocycles. The molecular weight excluding hydrogens is 272 g/mol. The van der Waals surface area contributed by atoms with Crippen LogP contribution in [0.4, 0.5) is 4.79 Å². The molecule has 1 heterocycles. The van der Waals surface area contributed by atoms with Crippen molar-refractivity contribution in [3.63, 3.8) is 0 Å². The number of aliphatic carboxylic acids is 1. The highest BCUT2D eigenvalue weighted by Gasteiger charge is 2.24. The minimum Gasteiger partial charge on any atom is -0.480 e. The largest absolute Gasteiger partial charge is 0.480 e. The van der Waals surface area contributed by atoms with E-state index >= 15 is 0 Å². The van der Waals surface area contributed by atoms with Crippen LogP contribution in [0.2, 0.25) is 0 Å². The smallest absolute Gasteiger partial charge is 0.326 e. The van der Waals surface area contributed by atoms with E-state index in [4.69, 9.17) is 5.11 Å². The van der Waals surface area contributed by atoms with Gasteiger partial charge in [0, 0.05) is 12.2 Å². The molecule has 4 N–H and O–H groups in total. The second-order valence-corrected chi connectivity index (χ2v) is 5.23. The van der Waals surface area contributed by atoms with E-state index in [2.05, 4.69) is 20.8 Å². The molecule has 2 amide bonds. The third-order valence-electron chi connectivity index (χ3n) is 3.61. The summed E-state index contributed by atoms with van der Waals surface area (Å²) in [6, 6.07) is -1.29. The number of amides is 2. The number of carbonyl (C=O) groups excluding carboxylic acids is 1. The summed E-state index contributed by atoms with van der Waals surface area (Å²) in [5, 5.41) is 21.1. The Kier molecular flexibility index (Phi) is 6.71. The van der Waals surface area contributed by atoms with Gasteiger partial charge >= 0.3 is 12.0 Å². The standard InChI is InChI=1S/C14H24N4O3/c1-4-9(2)12(13(19)20)17-14(21)15-7-5-6-11-8-16-18-10(11)3/h8-9,12H,4-7H2,1-3H3,(H,16,18)(H,19,20)(H2,15,17,21)/t9-,12-/m0/s1. The maximum Gasteiger partial charge on any atom is 0.326 e. The fraction of sp³-hybridized carbons (Fsp3) is 0.643. The zero-order chi connectivity index (χ0) is 15.8. The lowest BCUT2D eigenvalue weighted by molar-refractivity contribution is -0.140. The van der Waals surface area contributed by atoms with Crippen molar-refractivity contribution in [2.45, 2.75) is 46.1 Å². The Morgan fingerprint density at radius 1 is 1.48 bits per heavy atom. The van der Waals surface area contributed by atoms with Gasteiger partial charge in [0.2, 0.25) is 0 Å². The number of urea groups is 1. The molecule has 0 fully saturated rings. The molecule has 0 spiro atoms. The molecule has 0 saturated carbocycles. The SMILES string of the molecule is CC[C@H](C)[C@H](NC(=O)NCCCc1cn[nH]c1C)C(=O)O. The monoisotopic (exact) mass is 296 g/mol. The number of hydrogen-bond donors (Lipinski definition) is 4. The average Bonchev–Trinajstić information content (AvgIpc) is 2.85. The summed E-state index contributed by atoms with van der Waals surface area (Å²) in [4.78, 5) is 22.8. The van der Waals surface area contributed by atoms with Crippen molar-refractivity contribution in [1.82, 2.24) is 20.8 Å². The van der Waals surface area contributed by atoms with Gasteiger partial charge in [0.15, 0.2) is 0 Å². The van der Waals surface area contributed by atoms with E-state index in [-0.39, 0.29) is 5.92 Å². The van der Waals surface area contributed by atoms with Crippen LogP contribution in [0.15, 0.2) is 6.20 Å². The molecule has 7 heteroatoms. The second kappa shape index (κ2) is 8.28. The van der Waals surface area contributed by atoms with Crippen LogP contribution in [0, 0.1) is 12.8 Å². The van der Waals surface area contributed by atoms with Gasteiger partial charge in [-0.3, -0.25) is 5.10 Å². The Morgan fingerprint density at radius 2 is 2.19 bits per heavy atom. The van der Waals surface area contributed by atoms with Crippen LogP contribution in [0.5, 0.6) is 0 Å². The zero-order valence-electron chi connectivity index (χ0n) is 12.8. The number of carbonyl (C=O) groups is 2. The number of aromatic nitrogens is 2. The lowest BCUT2D eigenvalue weighted by atomic mass is 9.99. The first kappa shape index (κ1) is 17.0. The van der Waals surface area contributed by atoms with Gasteiger partial charge in [-0.1, -0.05) is 20.3 Å². The zero-order valence-corrected chi connectivity index (χ0v) is 12.8. The number of hydrogen-bond acceptors (Lipinski definition) is 3. The summed E-state index contributed by atoms with van der Waals surface area (Å²) in [7, 11) is 0. The highest BCUT2D eigenvalue weighted by molar-refractivity contribution is 5.82. The summed E-state index contributed by atoms with van der Waals surface area (Å²) in [6.45, 7) is 6.14. The van der Waals surface area contributed by atoms with Crippen molar-refractivity contribution < 1.29 is 14.7 Å². The highest BCUT2D eigenvalue weighted by Crippen LogP contribution is 2.08. The molecule has 7 nitrogen and oxygen atoms in total. The number of H-pyrrole nitrogens is 1. The van der Waals surface area contributed by atoms with Crippen LogP contribution in [0.1, 0.15) is 37.9 Å². The third-order valence-corrected chi connectivity index (χ3v) is 3.61. The van der Waals surface area contributed by atoms with Crippen LogP contribution < -0.4 is 10.6 Å². The molecule has 0 aliphatic heterocycles. The maximum atomic E-state index is 11.7. The Hall–Kier alpha value is -2.05. The van der Waals surface area contributed by atoms with Crippen molar-refractivity contribution in [3.05, 3.63) is 17.5 Å². The van der Waals surface area contributed by atoms with Crippen LogP contribution >= 0.6 is 0 Å². The molecule has 1 rings (SSSR count). The van der Waals surface area contributed by atoms with E-state index in [1.54, 1.807) is 13.1 Å². The number of aromatic amines is 1. The predicted molar refractivity (Wildman–Crippen MR) is 79.1 cm³/mol. The lowest BCUT2D eigenvalue weighted by Gasteiger charge is -2.20. The third kappa shape index (κ3) is 5.45. The van der Waals surface area contributed by atoms with Gasteiger partial charge in [-0.2, -0.15) is 5.10 Å². The number of carboxylic acids is 1. The fourth-order valence-corrected chi connectivity index (χ4v) is 1.98. The van der Waals surface area contributed by atoms with E-state index < -0.39 is 18.0 Å². The van der Waals surface area contributed by atoms with E-state index in [1.807, 2.05) is 13.8 Å². The highest BCUT2D eigenvalue weighted by atomic mass is 16.4. The first-order chi connectivity index (χ1) is 9.95. The fourth-order valence-electron chi connectivity index (χ4n) is 1.98. The van der Waals surface area contributed by atoms with E-state index in [0.717, 1.165) is 24.1 Å². The molecule has 0 radical (unpaired) electrons.